The second kappa shape index (κ2) is 13.8. The van der Waals surface area contributed by atoms with Crippen molar-refractivity contribution in [1.29, 1.82) is 0 Å². The molecule has 0 fully saturated rings. The molecule has 0 atom stereocenters. The molecule has 0 N–H and O–H groups in total. The van der Waals surface area contributed by atoms with Crippen LogP contribution in [0.5, 0.6) is 0 Å². The van der Waals surface area contributed by atoms with Crippen molar-refractivity contribution in [1.82, 2.24) is 0 Å². The summed E-state index contributed by atoms with van der Waals surface area (Å²) in [5, 5.41) is 14.1. The number of para-hydroxylation sites is 2. The molecule has 296 valence electrons. The third-order valence-corrected chi connectivity index (χ3v) is 21.2. The first-order valence-electron chi connectivity index (χ1n) is 21.9. The van der Waals surface area contributed by atoms with E-state index in [2.05, 4.69) is 242 Å². The fourth-order valence-corrected chi connectivity index (χ4v) is 19.6. The van der Waals surface area contributed by atoms with E-state index in [1.54, 1.807) is 10.4 Å². The fraction of sp³-hybridized carbons (Fsp3) is 0.0690. The van der Waals surface area contributed by atoms with Crippen LogP contribution in [0.15, 0.2) is 206 Å². The highest BCUT2D eigenvalue weighted by Gasteiger charge is 2.49. The quantitative estimate of drug-likeness (QED) is 0.154. The molecule has 2 heterocycles. The normalized spacial score (nSPS) is 14.1. The maximum Gasteiger partial charge on any atom is 0.113 e. The zero-order chi connectivity index (χ0) is 41.7. The van der Waals surface area contributed by atoms with Gasteiger partial charge in [0, 0.05) is 33.5 Å². The molecule has 0 unspecified atom stereocenters. The van der Waals surface area contributed by atoms with Crippen LogP contribution in [-0.2, 0) is 0 Å². The van der Waals surface area contributed by atoms with Crippen LogP contribution in [0.1, 0.15) is 0 Å². The van der Waals surface area contributed by atoms with Crippen LogP contribution in [0.2, 0.25) is 26.2 Å². The molecule has 10 aromatic rings. The molecule has 0 amide bonds. The summed E-state index contributed by atoms with van der Waals surface area (Å²) >= 11 is 0. The molecule has 0 aromatic heterocycles. The Bertz CT molecular complexity index is 3190. The van der Waals surface area contributed by atoms with Gasteiger partial charge in [0.1, 0.15) is 16.1 Å². The minimum atomic E-state index is -2.29. The van der Waals surface area contributed by atoms with Crippen molar-refractivity contribution in [2.24, 2.45) is 0 Å². The first-order valence-corrected chi connectivity index (χ1v) is 27.9. The van der Waals surface area contributed by atoms with Gasteiger partial charge in [-0.25, -0.2) is 0 Å². The summed E-state index contributed by atoms with van der Waals surface area (Å²) in [5.41, 5.74) is 12.9. The van der Waals surface area contributed by atoms with E-state index >= 15 is 0 Å². The van der Waals surface area contributed by atoms with Crippen LogP contribution in [0.25, 0.3) is 54.6 Å². The average Bonchev–Trinajstić information content (AvgIpc) is 3.69. The van der Waals surface area contributed by atoms with Gasteiger partial charge in [-0.05, 0) is 125 Å². The molecular formula is C58H46N2Si2. The van der Waals surface area contributed by atoms with E-state index in [-0.39, 0.29) is 0 Å². The molecule has 0 aliphatic carbocycles. The van der Waals surface area contributed by atoms with E-state index in [0.717, 1.165) is 11.4 Å². The molecule has 2 aliphatic rings. The zero-order valence-electron chi connectivity index (χ0n) is 35.5. The van der Waals surface area contributed by atoms with Crippen molar-refractivity contribution in [3.05, 3.63) is 206 Å². The molecule has 0 bridgehead atoms. The number of nitrogens with zero attached hydrogens (tertiary/aromatic N) is 2. The summed E-state index contributed by atoms with van der Waals surface area (Å²) in [5.74, 6) is 0. The summed E-state index contributed by atoms with van der Waals surface area (Å²) in [7, 11) is -4.58. The van der Waals surface area contributed by atoms with E-state index in [1.807, 2.05) is 0 Å². The average molecular weight is 827 g/mol. The third-order valence-electron chi connectivity index (χ3n) is 13.9. The fourth-order valence-electron chi connectivity index (χ4n) is 11.1. The lowest BCUT2D eigenvalue weighted by Gasteiger charge is -2.31. The van der Waals surface area contributed by atoms with Gasteiger partial charge >= 0.3 is 0 Å². The predicted molar refractivity (Wildman–Crippen MR) is 273 cm³/mol. The summed E-state index contributed by atoms with van der Waals surface area (Å²) in [6, 6.07) is 76.8. The van der Waals surface area contributed by atoms with Crippen molar-refractivity contribution in [3.63, 3.8) is 0 Å². The minimum Gasteiger partial charge on any atom is -0.310 e. The maximum absolute atomic E-state index is 2.62. The van der Waals surface area contributed by atoms with Crippen LogP contribution >= 0.6 is 0 Å². The molecule has 62 heavy (non-hydrogen) atoms. The zero-order valence-corrected chi connectivity index (χ0v) is 37.5. The maximum atomic E-state index is 2.62. The molecule has 0 saturated heterocycles. The lowest BCUT2D eigenvalue weighted by Crippen LogP contribution is -2.63. The Balaban J connectivity index is 1.06. The Kier molecular flexibility index (Phi) is 8.18. The number of hydrogen-bond acceptors (Lipinski definition) is 2. The van der Waals surface area contributed by atoms with Gasteiger partial charge in [-0.1, -0.05) is 172 Å². The Morgan fingerprint density at radius 2 is 0.661 bits per heavy atom. The number of benzene rings is 10. The van der Waals surface area contributed by atoms with Crippen LogP contribution in [0.4, 0.5) is 34.1 Å². The molecule has 0 saturated carbocycles. The van der Waals surface area contributed by atoms with E-state index < -0.39 is 16.1 Å². The summed E-state index contributed by atoms with van der Waals surface area (Å²) < 4.78 is 0. The summed E-state index contributed by atoms with van der Waals surface area (Å²) in [6.07, 6.45) is 0. The molecule has 10 aromatic carbocycles. The van der Waals surface area contributed by atoms with Gasteiger partial charge in [-0.15, -0.1) is 0 Å². The Hall–Kier alpha value is -6.99. The van der Waals surface area contributed by atoms with Gasteiger partial charge in [-0.3, -0.25) is 0 Å². The molecule has 2 aliphatic heterocycles. The van der Waals surface area contributed by atoms with Gasteiger partial charge < -0.3 is 9.80 Å². The topological polar surface area (TPSA) is 6.48 Å². The highest BCUT2D eigenvalue weighted by atomic mass is 28.3. The first-order chi connectivity index (χ1) is 30.3. The standard InChI is InChI=1S/C58H46N2Si2/c1-61(2)53-37-43(59(41-23-7-5-8-24-41)51-31-17-21-39-19-11-13-27-45(39)51)33-35-49(53)55-47-29-15-16-30-48(47)56-50-36-34-44(38-54(50)62(3,4)58(56)57(55)61)60(42-25-9-6-10-26-42)52-32-18-22-40-20-12-14-28-46(40)52/h5-38H,1-4H3. The largest absolute Gasteiger partial charge is 0.310 e. The molecule has 0 radical (unpaired) electrons. The summed E-state index contributed by atoms with van der Waals surface area (Å²) in [6.45, 7) is 10.5. The third kappa shape index (κ3) is 5.33. The number of anilines is 6. The van der Waals surface area contributed by atoms with Crippen LogP contribution in [-0.4, -0.2) is 16.1 Å². The Morgan fingerprint density at radius 1 is 0.306 bits per heavy atom. The van der Waals surface area contributed by atoms with Crippen LogP contribution < -0.4 is 30.5 Å². The second-order valence-electron chi connectivity index (χ2n) is 18.1. The molecule has 12 rings (SSSR count). The highest BCUT2D eigenvalue weighted by Crippen LogP contribution is 2.46. The number of rotatable bonds is 6. The van der Waals surface area contributed by atoms with E-state index in [0.29, 0.717) is 0 Å². The smallest absolute Gasteiger partial charge is 0.113 e. The van der Waals surface area contributed by atoms with Crippen LogP contribution in [0, 0.1) is 0 Å². The molecule has 0 spiro atoms. The van der Waals surface area contributed by atoms with Gasteiger partial charge in [0.25, 0.3) is 0 Å². The van der Waals surface area contributed by atoms with Gasteiger partial charge in [-0.2, -0.15) is 0 Å². The highest BCUT2D eigenvalue weighted by molar-refractivity contribution is 7.13. The number of fused-ring (bicyclic) bond motifs is 12. The predicted octanol–water partition coefficient (Wildman–Crippen LogP) is 13.7. The lowest BCUT2D eigenvalue weighted by atomic mass is 9.92. The number of hydrogen-bond donors (Lipinski definition) is 0. The first kappa shape index (κ1) is 36.8. The molecule has 2 nitrogen and oxygen atoms in total. The van der Waals surface area contributed by atoms with Crippen molar-refractivity contribution in [2.45, 2.75) is 26.2 Å². The SMILES string of the molecule is C[Si]1(C)c2cc(N(c3ccccc3)c3cccc4ccccc34)ccc2-c2c1c1c(c3ccccc23)-c2ccc(N(c3ccccc3)c3cccc4ccccc34)cc2[Si]1(C)C. The molecular weight excluding hydrogens is 781 g/mol. The Labute approximate surface area is 366 Å². The second-order valence-corrected chi connectivity index (χ2v) is 26.7. The van der Waals surface area contributed by atoms with Crippen molar-refractivity contribution in [2.75, 3.05) is 9.80 Å². The monoisotopic (exact) mass is 826 g/mol. The van der Waals surface area contributed by atoms with Crippen molar-refractivity contribution >= 4 is 103 Å². The lowest BCUT2D eigenvalue weighted by molar-refractivity contribution is 1.30. The minimum absolute atomic E-state index is 1.16. The Morgan fingerprint density at radius 3 is 1.08 bits per heavy atom. The van der Waals surface area contributed by atoms with Gasteiger partial charge in [0.2, 0.25) is 0 Å². The van der Waals surface area contributed by atoms with Crippen molar-refractivity contribution in [3.8, 4) is 22.3 Å². The summed E-state index contributed by atoms with van der Waals surface area (Å²) in [4.78, 5) is 4.95. The van der Waals surface area contributed by atoms with E-state index in [4.69, 9.17) is 0 Å². The van der Waals surface area contributed by atoms with Gasteiger partial charge in [0.15, 0.2) is 0 Å². The van der Waals surface area contributed by atoms with E-state index in [9.17, 15) is 0 Å². The van der Waals surface area contributed by atoms with Crippen LogP contribution in [0.3, 0.4) is 0 Å². The molecule has 4 heteroatoms. The van der Waals surface area contributed by atoms with Crippen molar-refractivity contribution < 1.29 is 0 Å². The van der Waals surface area contributed by atoms with E-state index in [1.165, 1.54) is 87.7 Å². The van der Waals surface area contributed by atoms with Gasteiger partial charge in [0.05, 0.1) is 11.4 Å².